The lowest BCUT2D eigenvalue weighted by atomic mass is 9.98. The van der Waals surface area contributed by atoms with Crippen LogP contribution >= 0.6 is 0 Å². The number of rotatable bonds is 6. The Hall–Kier alpha value is -1.60. The molecule has 0 saturated heterocycles. The van der Waals surface area contributed by atoms with Crippen molar-refractivity contribution in [1.29, 1.82) is 0 Å². The highest BCUT2D eigenvalue weighted by molar-refractivity contribution is 7.89. The van der Waals surface area contributed by atoms with Crippen LogP contribution in [0.15, 0.2) is 23.1 Å². The van der Waals surface area contributed by atoms with Crippen LogP contribution in [0, 0.1) is 0 Å². The van der Waals surface area contributed by atoms with Gasteiger partial charge in [-0.05, 0) is 38.0 Å². The van der Waals surface area contributed by atoms with Gasteiger partial charge in [-0.15, -0.1) is 0 Å². The van der Waals surface area contributed by atoms with Gasteiger partial charge in [0.15, 0.2) is 0 Å². The van der Waals surface area contributed by atoms with Crippen molar-refractivity contribution in [3.05, 3.63) is 23.8 Å². The molecule has 21 heavy (non-hydrogen) atoms. The first-order valence-electron chi connectivity index (χ1n) is 6.71. The number of benzene rings is 1. The fourth-order valence-electron chi connectivity index (χ4n) is 1.81. The Balaban J connectivity index is 3.37. The molecule has 6 nitrogen and oxygen atoms in total. The van der Waals surface area contributed by atoms with E-state index >= 15 is 0 Å². The Morgan fingerprint density at radius 2 is 1.90 bits per heavy atom. The van der Waals surface area contributed by atoms with Gasteiger partial charge in [0, 0.05) is 11.2 Å². The average molecular weight is 314 g/mol. The van der Waals surface area contributed by atoms with Gasteiger partial charge < -0.3 is 10.5 Å². The second kappa shape index (κ2) is 6.44. The van der Waals surface area contributed by atoms with E-state index in [1.54, 1.807) is 0 Å². The zero-order valence-corrected chi connectivity index (χ0v) is 13.6. The van der Waals surface area contributed by atoms with E-state index in [-0.39, 0.29) is 16.1 Å². The van der Waals surface area contributed by atoms with Crippen molar-refractivity contribution in [2.24, 2.45) is 0 Å². The molecule has 1 aromatic rings. The van der Waals surface area contributed by atoms with E-state index in [9.17, 15) is 13.2 Å². The van der Waals surface area contributed by atoms with Crippen molar-refractivity contribution in [2.75, 3.05) is 12.8 Å². The highest BCUT2D eigenvalue weighted by Gasteiger charge is 2.30. The quantitative estimate of drug-likeness (QED) is 0.617. The number of nitrogens with two attached hydrogens (primary N) is 1. The van der Waals surface area contributed by atoms with Gasteiger partial charge in [-0.25, -0.2) is 17.9 Å². The molecule has 7 heteroatoms. The Kier molecular flexibility index (Phi) is 5.36. The maximum absolute atomic E-state index is 12.6. The minimum Gasteiger partial charge on any atom is -0.465 e. The summed E-state index contributed by atoms with van der Waals surface area (Å²) in [5.41, 5.74) is 5.29. The van der Waals surface area contributed by atoms with Crippen molar-refractivity contribution in [2.45, 2.75) is 44.0 Å². The largest absolute Gasteiger partial charge is 0.465 e. The molecule has 0 aliphatic heterocycles. The zero-order chi connectivity index (χ0) is 16.3. The van der Waals surface area contributed by atoms with E-state index in [0.717, 1.165) is 0 Å². The number of sulfonamides is 1. The summed E-state index contributed by atoms with van der Waals surface area (Å²) in [7, 11) is -2.68. The number of carbonyl (C=O) groups excluding carboxylic acids is 1. The van der Waals surface area contributed by atoms with E-state index in [0.29, 0.717) is 12.8 Å². The molecule has 0 bridgehead atoms. The summed E-state index contributed by atoms with van der Waals surface area (Å²) in [5.74, 6) is -0.718. The molecule has 0 spiro atoms. The minimum absolute atomic E-state index is 0.0336. The number of ether oxygens (including phenoxy) is 1. The summed E-state index contributed by atoms with van der Waals surface area (Å²) in [6.45, 7) is 5.61. The molecule has 1 rings (SSSR count). The summed E-state index contributed by atoms with van der Waals surface area (Å²) < 4.78 is 32.4. The molecule has 0 fully saturated rings. The van der Waals surface area contributed by atoms with Gasteiger partial charge in [0.2, 0.25) is 10.0 Å². The third-order valence-corrected chi connectivity index (χ3v) is 5.32. The van der Waals surface area contributed by atoms with Crippen molar-refractivity contribution >= 4 is 21.7 Å². The highest BCUT2D eigenvalue weighted by atomic mass is 32.2. The average Bonchev–Trinajstić information content (AvgIpc) is 2.45. The van der Waals surface area contributed by atoms with Crippen LogP contribution in [-0.2, 0) is 14.8 Å². The molecule has 0 amide bonds. The molecule has 0 aliphatic rings. The summed E-state index contributed by atoms with van der Waals surface area (Å²) in [6.07, 6.45) is 1.25. The summed E-state index contributed by atoms with van der Waals surface area (Å²) in [5, 5.41) is 0. The van der Waals surface area contributed by atoms with Crippen LogP contribution in [0.4, 0.5) is 5.69 Å². The Morgan fingerprint density at radius 1 is 1.33 bits per heavy atom. The SMILES string of the molecule is CCC(C)(CC)NS(=O)(=O)c1cc(N)ccc1C(=O)OC. The first-order chi connectivity index (χ1) is 9.69. The van der Waals surface area contributed by atoms with Crippen molar-refractivity contribution in [3.8, 4) is 0 Å². The Morgan fingerprint density at radius 3 is 2.38 bits per heavy atom. The molecule has 1 aromatic carbocycles. The van der Waals surface area contributed by atoms with Gasteiger partial charge in [0.25, 0.3) is 0 Å². The van der Waals surface area contributed by atoms with E-state index in [1.807, 2.05) is 20.8 Å². The lowest BCUT2D eigenvalue weighted by Gasteiger charge is -2.28. The number of nitrogen functional groups attached to an aromatic ring is 1. The molecule has 0 aliphatic carbocycles. The van der Waals surface area contributed by atoms with Crippen molar-refractivity contribution in [3.63, 3.8) is 0 Å². The fourth-order valence-corrected chi connectivity index (χ4v) is 3.59. The fraction of sp³-hybridized carbons (Fsp3) is 0.500. The molecule has 0 unspecified atom stereocenters. The lowest BCUT2D eigenvalue weighted by Crippen LogP contribution is -2.45. The normalized spacial score (nSPS) is 12.2. The van der Waals surface area contributed by atoms with Crippen LogP contribution in [0.2, 0.25) is 0 Å². The number of esters is 1. The smallest absolute Gasteiger partial charge is 0.339 e. The number of hydrogen-bond acceptors (Lipinski definition) is 5. The molecule has 0 aromatic heterocycles. The van der Waals surface area contributed by atoms with Crippen LogP contribution in [0.25, 0.3) is 0 Å². The topological polar surface area (TPSA) is 98.5 Å². The van der Waals surface area contributed by atoms with E-state index in [1.165, 1.54) is 25.3 Å². The first kappa shape index (κ1) is 17.5. The standard InChI is InChI=1S/C14H22N2O4S/c1-5-14(3,6-2)16-21(18,19)12-9-10(15)7-8-11(12)13(17)20-4/h7-9,16H,5-6,15H2,1-4H3. The minimum atomic E-state index is -3.88. The number of hydrogen-bond donors (Lipinski definition) is 2. The van der Waals surface area contributed by atoms with Crippen LogP contribution < -0.4 is 10.5 Å². The van der Waals surface area contributed by atoms with Crippen LogP contribution in [0.3, 0.4) is 0 Å². The van der Waals surface area contributed by atoms with Crippen LogP contribution in [-0.4, -0.2) is 27.0 Å². The van der Waals surface area contributed by atoms with Crippen LogP contribution in [0.5, 0.6) is 0 Å². The maximum atomic E-state index is 12.6. The summed E-state index contributed by atoms with van der Waals surface area (Å²) in [6, 6.07) is 4.08. The molecule has 0 heterocycles. The van der Waals surface area contributed by atoms with Gasteiger partial charge in [-0.3, -0.25) is 0 Å². The monoisotopic (exact) mass is 314 g/mol. The third-order valence-electron chi connectivity index (χ3n) is 3.64. The molecule has 0 atom stereocenters. The number of methoxy groups -OCH3 is 1. The predicted molar refractivity (Wildman–Crippen MR) is 81.5 cm³/mol. The van der Waals surface area contributed by atoms with Crippen LogP contribution in [0.1, 0.15) is 44.0 Å². The van der Waals surface area contributed by atoms with Crippen molar-refractivity contribution < 1.29 is 17.9 Å². The summed E-state index contributed by atoms with van der Waals surface area (Å²) >= 11 is 0. The van der Waals surface area contributed by atoms with Crippen molar-refractivity contribution in [1.82, 2.24) is 4.72 Å². The Labute approximate surface area is 125 Å². The van der Waals surface area contributed by atoms with Gasteiger partial charge in [0.05, 0.1) is 17.6 Å². The number of carbonyl (C=O) groups is 1. The van der Waals surface area contributed by atoms with Gasteiger partial charge in [-0.1, -0.05) is 13.8 Å². The van der Waals surface area contributed by atoms with E-state index in [2.05, 4.69) is 9.46 Å². The first-order valence-corrected chi connectivity index (χ1v) is 8.19. The van der Waals surface area contributed by atoms with Gasteiger partial charge >= 0.3 is 5.97 Å². The van der Waals surface area contributed by atoms with Gasteiger partial charge in [-0.2, -0.15) is 0 Å². The third kappa shape index (κ3) is 3.95. The van der Waals surface area contributed by atoms with Gasteiger partial charge in [0.1, 0.15) is 0 Å². The molecule has 0 saturated carbocycles. The molecule has 3 N–H and O–H groups in total. The summed E-state index contributed by atoms with van der Waals surface area (Å²) in [4.78, 5) is 11.6. The second-order valence-electron chi connectivity index (χ2n) is 5.12. The molecule has 118 valence electrons. The lowest BCUT2D eigenvalue weighted by molar-refractivity contribution is 0.0596. The second-order valence-corrected chi connectivity index (χ2v) is 6.77. The molecular formula is C14H22N2O4S. The van der Waals surface area contributed by atoms with E-state index < -0.39 is 21.5 Å². The number of nitrogens with one attached hydrogen (secondary N) is 1. The zero-order valence-electron chi connectivity index (χ0n) is 12.8. The maximum Gasteiger partial charge on any atom is 0.339 e. The Bertz CT molecular complexity index is 622. The van der Waals surface area contributed by atoms with E-state index in [4.69, 9.17) is 5.73 Å². The highest BCUT2D eigenvalue weighted by Crippen LogP contribution is 2.24. The number of anilines is 1. The molecular weight excluding hydrogens is 292 g/mol. The molecule has 0 radical (unpaired) electrons. The predicted octanol–water partition coefficient (Wildman–Crippen LogP) is 1.91.